The molecule has 0 spiro atoms. The molecule has 4 rings (SSSR count). The van der Waals surface area contributed by atoms with Crippen LogP contribution in [0.3, 0.4) is 0 Å². The Bertz CT molecular complexity index is 1380. The standard InChI is InChI=1S/C19H16ClF2N9O4/c1-9(35-18(21)22)15-13(8-23-14-6-12(17(32)34-2)29-30(14)15)28-19(33)27-10-5-11(20)16(24-7-10)31-25-3-4-26-31/h3-9,18H,1-2H3,(H2,27,28,33). The first-order valence-electron chi connectivity index (χ1n) is 9.77. The van der Waals surface area contributed by atoms with Crippen molar-refractivity contribution in [1.82, 2.24) is 34.6 Å². The third-order valence-electron chi connectivity index (χ3n) is 4.54. The quantitative estimate of drug-likeness (QED) is 0.359. The van der Waals surface area contributed by atoms with Gasteiger partial charge in [0, 0.05) is 6.07 Å². The van der Waals surface area contributed by atoms with Gasteiger partial charge in [0.2, 0.25) is 0 Å². The molecule has 16 heteroatoms. The minimum absolute atomic E-state index is 0.000849. The Morgan fingerprint density at radius 3 is 2.51 bits per heavy atom. The molecular weight excluding hydrogens is 492 g/mol. The number of esters is 1. The minimum atomic E-state index is -3.11. The molecule has 1 atom stereocenters. The van der Waals surface area contributed by atoms with Crippen molar-refractivity contribution in [2.24, 2.45) is 0 Å². The Balaban J connectivity index is 1.61. The van der Waals surface area contributed by atoms with Crippen molar-refractivity contribution in [3.05, 3.63) is 53.3 Å². The third kappa shape index (κ3) is 5.15. The van der Waals surface area contributed by atoms with E-state index in [4.69, 9.17) is 11.6 Å². The number of hydrogen-bond donors (Lipinski definition) is 2. The van der Waals surface area contributed by atoms with Crippen LogP contribution in [-0.4, -0.2) is 60.3 Å². The highest BCUT2D eigenvalue weighted by molar-refractivity contribution is 6.32. The van der Waals surface area contributed by atoms with Gasteiger partial charge in [0.15, 0.2) is 17.2 Å². The number of amides is 2. The number of carbonyl (C=O) groups excluding carboxylic acids is 2. The molecule has 0 saturated carbocycles. The van der Waals surface area contributed by atoms with Gasteiger partial charge >= 0.3 is 18.6 Å². The maximum atomic E-state index is 12.9. The first-order chi connectivity index (χ1) is 16.8. The van der Waals surface area contributed by atoms with Gasteiger partial charge in [0.25, 0.3) is 0 Å². The predicted molar refractivity (Wildman–Crippen MR) is 117 cm³/mol. The van der Waals surface area contributed by atoms with Crippen LogP contribution in [0.4, 0.5) is 25.0 Å². The lowest BCUT2D eigenvalue weighted by Crippen LogP contribution is -2.23. The fourth-order valence-corrected chi connectivity index (χ4v) is 3.36. The highest BCUT2D eigenvalue weighted by Crippen LogP contribution is 2.28. The molecule has 13 nitrogen and oxygen atoms in total. The Morgan fingerprint density at radius 2 is 1.86 bits per heavy atom. The zero-order chi connectivity index (χ0) is 25.1. The van der Waals surface area contributed by atoms with Gasteiger partial charge in [-0.15, -0.1) is 4.80 Å². The van der Waals surface area contributed by atoms with E-state index >= 15 is 0 Å². The molecule has 0 aliphatic rings. The molecule has 0 aromatic carbocycles. The maximum absolute atomic E-state index is 12.9. The zero-order valence-corrected chi connectivity index (χ0v) is 18.8. The highest BCUT2D eigenvalue weighted by atomic mass is 35.5. The number of pyridine rings is 1. The molecule has 0 fully saturated rings. The van der Waals surface area contributed by atoms with Gasteiger partial charge in [-0.1, -0.05) is 11.6 Å². The summed E-state index contributed by atoms with van der Waals surface area (Å²) in [6, 6.07) is 1.96. The van der Waals surface area contributed by atoms with Crippen molar-refractivity contribution in [2.45, 2.75) is 19.6 Å². The number of nitrogens with one attached hydrogen (secondary N) is 2. The summed E-state index contributed by atoms with van der Waals surface area (Å²) in [5.41, 5.74) is 0.272. The lowest BCUT2D eigenvalue weighted by Gasteiger charge is -2.18. The largest absolute Gasteiger partial charge is 0.464 e. The van der Waals surface area contributed by atoms with Crippen molar-refractivity contribution in [3.63, 3.8) is 0 Å². The predicted octanol–water partition coefficient (Wildman–Crippen LogP) is 3.09. The highest BCUT2D eigenvalue weighted by Gasteiger charge is 2.24. The fourth-order valence-electron chi connectivity index (χ4n) is 3.12. The summed E-state index contributed by atoms with van der Waals surface area (Å²) in [5, 5.41) is 17.1. The van der Waals surface area contributed by atoms with Gasteiger partial charge in [-0.3, -0.25) is 0 Å². The Kier molecular flexibility index (Phi) is 6.79. The van der Waals surface area contributed by atoms with Gasteiger partial charge in [-0.2, -0.15) is 24.1 Å². The molecular formula is C19H16ClF2N9O4. The molecule has 4 heterocycles. The lowest BCUT2D eigenvalue weighted by molar-refractivity contribution is -0.160. The number of rotatable bonds is 7. The topological polar surface area (TPSA) is 150 Å². The number of aromatic nitrogens is 7. The minimum Gasteiger partial charge on any atom is -0.464 e. The molecule has 0 aliphatic heterocycles. The first kappa shape index (κ1) is 23.9. The van der Waals surface area contributed by atoms with Crippen LogP contribution >= 0.6 is 11.6 Å². The molecule has 2 amide bonds. The van der Waals surface area contributed by atoms with E-state index < -0.39 is 24.7 Å². The number of nitrogens with zero attached hydrogens (tertiary/aromatic N) is 7. The van der Waals surface area contributed by atoms with E-state index in [1.165, 1.54) is 55.8 Å². The van der Waals surface area contributed by atoms with E-state index in [0.717, 1.165) is 4.52 Å². The van der Waals surface area contributed by atoms with E-state index in [1.54, 1.807) is 0 Å². The average molecular weight is 508 g/mol. The molecule has 1 unspecified atom stereocenters. The fraction of sp³-hybridized carbons (Fsp3) is 0.211. The van der Waals surface area contributed by atoms with Gasteiger partial charge in [0.05, 0.1) is 54.0 Å². The number of anilines is 2. The van der Waals surface area contributed by atoms with Crippen LogP contribution in [-0.2, 0) is 9.47 Å². The van der Waals surface area contributed by atoms with Crippen LogP contribution < -0.4 is 10.6 Å². The summed E-state index contributed by atoms with van der Waals surface area (Å²) >= 11 is 6.20. The van der Waals surface area contributed by atoms with E-state index in [-0.39, 0.29) is 39.3 Å². The SMILES string of the molecule is COC(=O)c1cc2ncc(NC(=O)Nc3cnc(-n4nccn4)c(Cl)c3)c(C(C)OC(F)F)n2n1. The molecule has 4 aromatic rings. The average Bonchev–Trinajstić information content (AvgIpc) is 3.48. The third-order valence-corrected chi connectivity index (χ3v) is 4.82. The first-order valence-corrected chi connectivity index (χ1v) is 10.2. The van der Waals surface area contributed by atoms with Crippen LogP contribution in [0.1, 0.15) is 29.2 Å². The van der Waals surface area contributed by atoms with Crippen molar-refractivity contribution in [2.75, 3.05) is 17.7 Å². The van der Waals surface area contributed by atoms with E-state index in [2.05, 4.69) is 45.4 Å². The molecule has 35 heavy (non-hydrogen) atoms. The van der Waals surface area contributed by atoms with Gasteiger partial charge in [-0.05, 0) is 13.0 Å². The number of fused-ring (bicyclic) bond motifs is 1. The van der Waals surface area contributed by atoms with Gasteiger partial charge in [0.1, 0.15) is 6.10 Å². The summed E-state index contributed by atoms with van der Waals surface area (Å²) in [4.78, 5) is 33.9. The maximum Gasteiger partial charge on any atom is 0.358 e. The second-order valence-electron chi connectivity index (χ2n) is 6.81. The Labute approximate surface area is 200 Å². The lowest BCUT2D eigenvalue weighted by atomic mass is 10.2. The van der Waals surface area contributed by atoms with Crippen LogP contribution in [0.15, 0.2) is 36.9 Å². The van der Waals surface area contributed by atoms with E-state index in [0.29, 0.717) is 0 Å². The molecule has 182 valence electrons. The second kappa shape index (κ2) is 9.94. The van der Waals surface area contributed by atoms with Gasteiger partial charge < -0.3 is 20.1 Å². The summed E-state index contributed by atoms with van der Waals surface area (Å²) in [6.07, 6.45) is 4.19. The number of methoxy groups -OCH3 is 1. The number of halogens is 3. The summed E-state index contributed by atoms with van der Waals surface area (Å²) in [6.45, 7) is -1.78. The van der Waals surface area contributed by atoms with Crippen molar-refractivity contribution in [1.29, 1.82) is 0 Å². The van der Waals surface area contributed by atoms with Crippen molar-refractivity contribution >= 4 is 40.6 Å². The second-order valence-corrected chi connectivity index (χ2v) is 7.22. The summed E-state index contributed by atoms with van der Waals surface area (Å²) in [7, 11) is 1.17. The normalized spacial score (nSPS) is 12.1. The summed E-state index contributed by atoms with van der Waals surface area (Å²) in [5.74, 6) is -0.508. The van der Waals surface area contributed by atoms with Crippen LogP contribution in [0.25, 0.3) is 11.5 Å². The van der Waals surface area contributed by atoms with Crippen molar-refractivity contribution < 1.29 is 27.8 Å². The molecule has 0 radical (unpaired) electrons. The molecule has 2 N–H and O–H groups in total. The Hall–Kier alpha value is -4.24. The number of urea groups is 1. The number of hydrogen-bond acceptors (Lipinski definition) is 9. The molecule has 4 aromatic heterocycles. The van der Waals surface area contributed by atoms with E-state index in [1.807, 2.05) is 0 Å². The number of ether oxygens (including phenoxy) is 2. The van der Waals surface area contributed by atoms with Crippen molar-refractivity contribution in [3.8, 4) is 5.82 Å². The number of carbonyl (C=O) groups is 2. The molecule has 0 saturated heterocycles. The zero-order valence-electron chi connectivity index (χ0n) is 18.0. The number of alkyl halides is 2. The van der Waals surface area contributed by atoms with Crippen LogP contribution in [0, 0.1) is 0 Å². The monoisotopic (exact) mass is 507 g/mol. The molecule has 0 bridgehead atoms. The summed E-state index contributed by atoms with van der Waals surface area (Å²) < 4.78 is 36.2. The van der Waals surface area contributed by atoms with E-state index in [9.17, 15) is 18.4 Å². The van der Waals surface area contributed by atoms with Crippen LogP contribution in [0.2, 0.25) is 5.02 Å². The molecule has 0 aliphatic carbocycles. The Morgan fingerprint density at radius 1 is 1.11 bits per heavy atom. The van der Waals surface area contributed by atoms with Gasteiger partial charge in [-0.25, -0.2) is 24.1 Å². The smallest absolute Gasteiger partial charge is 0.358 e. The van der Waals surface area contributed by atoms with Crippen LogP contribution in [0.5, 0.6) is 0 Å².